The molecule has 0 heterocycles. The van der Waals surface area contributed by atoms with Crippen molar-refractivity contribution in [1.29, 1.82) is 0 Å². The topological polar surface area (TPSA) is 24.1 Å². The van der Waals surface area contributed by atoms with Gasteiger partial charge in [-0.2, -0.15) is 13.2 Å². The van der Waals surface area contributed by atoms with Crippen molar-refractivity contribution < 1.29 is 13.2 Å². The maximum Gasteiger partial charge on any atom is 0.416 e. The third-order valence-electron chi connectivity index (χ3n) is 3.68. The first-order chi connectivity index (χ1) is 11.3. The van der Waals surface area contributed by atoms with Crippen molar-refractivity contribution in [3.05, 3.63) is 59.2 Å². The minimum Gasteiger partial charge on any atom is -0.385 e. The lowest BCUT2D eigenvalue weighted by Gasteiger charge is -2.15. The monoisotopic (exact) mass is 336 g/mol. The van der Waals surface area contributed by atoms with Crippen molar-refractivity contribution >= 4 is 11.4 Å². The Morgan fingerprint density at radius 2 is 1.79 bits per heavy atom. The van der Waals surface area contributed by atoms with E-state index >= 15 is 0 Å². The van der Waals surface area contributed by atoms with E-state index in [4.69, 9.17) is 0 Å². The number of rotatable bonds is 6. The molecule has 0 aromatic heterocycles. The minimum atomic E-state index is -4.29. The molecule has 0 amide bonds. The van der Waals surface area contributed by atoms with Gasteiger partial charge in [0.2, 0.25) is 0 Å². The van der Waals surface area contributed by atoms with E-state index in [2.05, 4.69) is 24.5 Å². The fourth-order valence-electron chi connectivity index (χ4n) is 2.45. The molecule has 0 aliphatic rings. The largest absolute Gasteiger partial charge is 0.416 e. The summed E-state index contributed by atoms with van der Waals surface area (Å²) in [6.07, 6.45) is -3.76. The molecule has 0 spiro atoms. The standard InChI is InChI=1S/C19H23F3N2/c1-13(2)24-18-12-17(8-7-14(18)3)23-10-9-15-5-4-6-16(11-15)19(20,21)22/h4-8,11-13,23-24H,9-10H2,1-3H3. The van der Waals surface area contributed by atoms with Crippen molar-refractivity contribution in [2.24, 2.45) is 0 Å². The summed E-state index contributed by atoms with van der Waals surface area (Å²) in [6.45, 7) is 6.77. The molecular formula is C19H23F3N2. The number of halogens is 3. The Morgan fingerprint density at radius 1 is 1.04 bits per heavy atom. The van der Waals surface area contributed by atoms with Gasteiger partial charge < -0.3 is 10.6 Å². The van der Waals surface area contributed by atoms with Crippen LogP contribution in [0.1, 0.15) is 30.5 Å². The van der Waals surface area contributed by atoms with Crippen LogP contribution in [0.25, 0.3) is 0 Å². The Balaban J connectivity index is 1.97. The molecule has 2 N–H and O–H groups in total. The highest BCUT2D eigenvalue weighted by Gasteiger charge is 2.30. The SMILES string of the molecule is Cc1ccc(NCCc2cccc(C(F)(F)F)c2)cc1NC(C)C. The fourth-order valence-corrected chi connectivity index (χ4v) is 2.45. The summed E-state index contributed by atoms with van der Waals surface area (Å²) >= 11 is 0. The fraction of sp³-hybridized carbons (Fsp3) is 0.368. The highest BCUT2D eigenvalue weighted by molar-refractivity contribution is 5.61. The van der Waals surface area contributed by atoms with Gasteiger partial charge in [-0.3, -0.25) is 0 Å². The summed E-state index contributed by atoms with van der Waals surface area (Å²) in [5.74, 6) is 0. The predicted molar refractivity (Wildman–Crippen MR) is 93.6 cm³/mol. The van der Waals surface area contributed by atoms with Gasteiger partial charge in [0, 0.05) is 24.0 Å². The minimum absolute atomic E-state index is 0.337. The second-order valence-electron chi connectivity index (χ2n) is 6.20. The Kier molecular flexibility index (Phi) is 5.75. The van der Waals surface area contributed by atoms with Crippen molar-refractivity contribution in [3.63, 3.8) is 0 Å². The summed E-state index contributed by atoms with van der Waals surface area (Å²) in [5.41, 5.74) is 3.25. The number of aryl methyl sites for hydroxylation is 1. The molecule has 2 rings (SSSR count). The quantitative estimate of drug-likeness (QED) is 0.729. The first-order valence-electron chi connectivity index (χ1n) is 8.03. The lowest BCUT2D eigenvalue weighted by atomic mass is 10.1. The summed E-state index contributed by atoms with van der Waals surface area (Å²) in [5, 5.41) is 6.65. The number of hydrogen-bond donors (Lipinski definition) is 2. The normalized spacial score (nSPS) is 11.6. The van der Waals surface area contributed by atoms with E-state index in [1.807, 2.05) is 25.1 Å². The van der Waals surface area contributed by atoms with Crippen molar-refractivity contribution in [1.82, 2.24) is 0 Å². The van der Waals surface area contributed by atoms with Gasteiger partial charge in [-0.15, -0.1) is 0 Å². The molecule has 0 fully saturated rings. The van der Waals surface area contributed by atoms with Gasteiger partial charge in [0.1, 0.15) is 0 Å². The second kappa shape index (κ2) is 7.60. The lowest BCUT2D eigenvalue weighted by Crippen LogP contribution is -2.12. The predicted octanol–water partition coefficient (Wildman–Crippen LogP) is 5.49. The molecule has 2 aromatic rings. The van der Waals surface area contributed by atoms with E-state index in [9.17, 15) is 13.2 Å². The molecule has 0 radical (unpaired) electrons. The molecule has 0 saturated carbocycles. The van der Waals surface area contributed by atoms with Crippen molar-refractivity contribution in [3.8, 4) is 0 Å². The van der Waals surface area contributed by atoms with Crippen molar-refractivity contribution in [2.75, 3.05) is 17.2 Å². The molecule has 5 heteroatoms. The van der Waals surface area contributed by atoms with Crippen LogP contribution in [0, 0.1) is 6.92 Å². The lowest BCUT2D eigenvalue weighted by molar-refractivity contribution is -0.137. The molecule has 0 saturated heterocycles. The van der Waals surface area contributed by atoms with Crippen LogP contribution in [0.2, 0.25) is 0 Å². The molecule has 0 aliphatic carbocycles. The third-order valence-corrected chi connectivity index (χ3v) is 3.68. The highest BCUT2D eigenvalue weighted by Crippen LogP contribution is 2.29. The van der Waals surface area contributed by atoms with Crippen LogP contribution in [-0.4, -0.2) is 12.6 Å². The highest BCUT2D eigenvalue weighted by atomic mass is 19.4. The van der Waals surface area contributed by atoms with Gasteiger partial charge >= 0.3 is 6.18 Å². The molecule has 0 aliphatic heterocycles. The van der Waals surface area contributed by atoms with Gasteiger partial charge in [-0.1, -0.05) is 24.3 Å². The van der Waals surface area contributed by atoms with Crippen LogP contribution < -0.4 is 10.6 Å². The molecule has 2 nitrogen and oxygen atoms in total. The first kappa shape index (κ1) is 18.2. The van der Waals surface area contributed by atoms with E-state index in [0.29, 0.717) is 24.6 Å². The Morgan fingerprint density at radius 3 is 2.46 bits per heavy atom. The van der Waals surface area contributed by atoms with E-state index in [1.54, 1.807) is 6.07 Å². The smallest absolute Gasteiger partial charge is 0.385 e. The van der Waals surface area contributed by atoms with Crippen LogP contribution in [-0.2, 0) is 12.6 Å². The zero-order valence-corrected chi connectivity index (χ0v) is 14.2. The van der Waals surface area contributed by atoms with Gasteiger partial charge in [0.15, 0.2) is 0 Å². The molecular weight excluding hydrogens is 313 g/mol. The number of nitrogens with one attached hydrogen (secondary N) is 2. The first-order valence-corrected chi connectivity index (χ1v) is 8.03. The van der Waals surface area contributed by atoms with Crippen LogP contribution in [0.15, 0.2) is 42.5 Å². The number of alkyl halides is 3. The molecule has 0 bridgehead atoms. The Labute approximate surface area is 141 Å². The molecule has 0 unspecified atom stereocenters. The zero-order valence-electron chi connectivity index (χ0n) is 14.2. The van der Waals surface area contributed by atoms with Crippen LogP contribution in [0.3, 0.4) is 0 Å². The van der Waals surface area contributed by atoms with Crippen LogP contribution in [0.5, 0.6) is 0 Å². The van der Waals surface area contributed by atoms with E-state index in [0.717, 1.165) is 23.0 Å². The van der Waals surface area contributed by atoms with Gasteiger partial charge in [0.25, 0.3) is 0 Å². The van der Waals surface area contributed by atoms with Gasteiger partial charge in [-0.25, -0.2) is 0 Å². The maximum atomic E-state index is 12.7. The van der Waals surface area contributed by atoms with E-state index < -0.39 is 11.7 Å². The molecule has 0 atom stereocenters. The molecule has 130 valence electrons. The number of anilines is 2. The summed E-state index contributed by atoms with van der Waals surface area (Å²) < 4.78 is 38.2. The van der Waals surface area contributed by atoms with E-state index in [1.165, 1.54) is 12.1 Å². The zero-order chi connectivity index (χ0) is 17.7. The van der Waals surface area contributed by atoms with Gasteiger partial charge in [-0.05, 0) is 56.5 Å². The average Bonchev–Trinajstić information content (AvgIpc) is 2.49. The Bertz CT molecular complexity index is 679. The maximum absolute atomic E-state index is 12.7. The third kappa shape index (κ3) is 5.18. The summed E-state index contributed by atoms with van der Waals surface area (Å²) in [7, 11) is 0. The molecule has 2 aromatic carbocycles. The molecule has 24 heavy (non-hydrogen) atoms. The van der Waals surface area contributed by atoms with Gasteiger partial charge in [0.05, 0.1) is 5.56 Å². The Hall–Kier alpha value is -2.17. The number of benzene rings is 2. The average molecular weight is 336 g/mol. The number of hydrogen-bond acceptors (Lipinski definition) is 2. The van der Waals surface area contributed by atoms with Crippen LogP contribution in [0.4, 0.5) is 24.5 Å². The summed E-state index contributed by atoms with van der Waals surface area (Å²) in [6, 6.07) is 11.9. The summed E-state index contributed by atoms with van der Waals surface area (Å²) in [4.78, 5) is 0. The van der Waals surface area contributed by atoms with Crippen LogP contribution >= 0.6 is 0 Å². The van der Waals surface area contributed by atoms with E-state index in [-0.39, 0.29) is 0 Å². The second-order valence-corrected chi connectivity index (χ2v) is 6.20. The van der Waals surface area contributed by atoms with Crippen molar-refractivity contribution in [2.45, 2.75) is 39.4 Å².